The quantitative estimate of drug-likeness (QED) is 0.352. The number of carbonyl (C=O) groups excluding carboxylic acids is 1. The molecule has 0 aromatic carbocycles. The van der Waals surface area contributed by atoms with Crippen LogP contribution in [0.25, 0.3) is 22.4 Å². The molecule has 1 unspecified atom stereocenters. The maximum absolute atomic E-state index is 12.1. The molecule has 4 rings (SSSR count). The summed E-state index contributed by atoms with van der Waals surface area (Å²) in [5.41, 5.74) is 3.26. The number of hydrogen-bond donors (Lipinski definition) is 1. The second kappa shape index (κ2) is 11.2. The number of pyridine rings is 1. The number of anilines is 1. The fourth-order valence-corrected chi connectivity index (χ4v) is 4.97. The SMILES string of the molecule is COC(=O)N1CCCCC(Nc2ncccc2-c2cnc3c(ccn3COCC[Si](C)(C)C)n2)C1. The van der Waals surface area contributed by atoms with Gasteiger partial charge in [-0.2, -0.15) is 0 Å². The van der Waals surface area contributed by atoms with Gasteiger partial charge < -0.3 is 24.3 Å². The number of hydrogen-bond acceptors (Lipinski definition) is 7. The first-order chi connectivity index (χ1) is 16.8. The lowest BCUT2D eigenvalue weighted by atomic mass is 10.1. The molecule has 4 heterocycles. The molecule has 188 valence electrons. The molecule has 1 N–H and O–H groups in total. The van der Waals surface area contributed by atoms with Gasteiger partial charge in [0.15, 0.2) is 5.65 Å². The minimum atomic E-state index is -1.11. The van der Waals surface area contributed by atoms with Crippen molar-refractivity contribution in [3.63, 3.8) is 0 Å². The number of nitrogens with one attached hydrogen (secondary N) is 1. The fourth-order valence-electron chi connectivity index (χ4n) is 4.21. The lowest BCUT2D eigenvalue weighted by Crippen LogP contribution is -2.39. The minimum Gasteiger partial charge on any atom is -0.453 e. The van der Waals surface area contributed by atoms with E-state index in [-0.39, 0.29) is 12.1 Å². The molecule has 1 atom stereocenters. The number of methoxy groups -OCH3 is 1. The number of ether oxygens (including phenoxy) is 2. The van der Waals surface area contributed by atoms with Gasteiger partial charge in [-0.25, -0.2) is 19.7 Å². The van der Waals surface area contributed by atoms with Crippen LogP contribution in [0.5, 0.6) is 0 Å². The molecule has 0 bridgehead atoms. The Balaban J connectivity index is 1.49. The van der Waals surface area contributed by atoms with Crippen molar-refractivity contribution < 1.29 is 14.3 Å². The van der Waals surface area contributed by atoms with E-state index in [0.29, 0.717) is 19.8 Å². The Kier molecular flexibility index (Phi) is 8.02. The van der Waals surface area contributed by atoms with Crippen LogP contribution in [0.1, 0.15) is 19.3 Å². The van der Waals surface area contributed by atoms with Crippen LogP contribution in [0.3, 0.4) is 0 Å². The van der Waals surface area contributed by atoms with E-state index in [2.05, 4.69) is 29.9 Å². The normalized spacial score (nSPS) is 16.8. The van der Waals surface area contributed by atoms with Crippen LogP contribution >= 0.6 is 0 Å². The van der Waals surface area contributed by atoms with Gasteiger partial charge >= 0.3 is 6.09 Å². The molecule has 1 aliphatic heterocycles. The average Bonchev–Trinajstić information content (AvgIpc) is 3.09. The van der Waals surface area contributed by atoms with E-state index in [4.69, 9.17) is 19.4 Å². The third-order valence-electron chi connectivity index (χ3n) is 6.22. The van der Waals surface area contributed by atoms with Crippen molar-refractivity contribution >= 4 is 31.1 Å². The van der Waals surface area contributed by atoms with Crippen molar-refractivity contribution in [2.75, 3.05) is 32.1 Å². The van der Waals surface area contributed by atoms with Crippen LogP contribution in [-0.4, -0.2) is 71.4 Å². The first-order valence-electron chi connectivity index (χ1n) is 12.3. The molecule has 1 amide bonds. The summed E-state index contributed by atoms with van der Waals surface area (Å²) in [5, 5.41) is 3.55. The molecule has 0 saturated carbocycles. The van der Waals surface area contributed by atoms with Gasteiger partial charge in [-0.05, 0) is 43.5 Å². The highest BCUT2D eigenvalue weighted by molar-refractivity contribution is 6.76. The zero-order valence-electron chi connectivity index (χ0n) is 21.2. The van der Waals surface area contributed by atoms with Crippen molar-refractivity contribution in [1.82, 2.24) is 24.4 Å². The van der Waals surface area contributed by atoms with Crippen molar-refractivity contribution in [3.05, 3.63) is 36.8 Å². The number of rotatable bonds is 8. The van der Waals surface area contributed by atoms with E-state index >= 15 is 0 Å². The molecule has 9 nitrogen and oxygen atoms in total. The largest absolute Gasteiger partial charge is 0.453 e. The Morgan fingerprint density at radius 3 is 2.89 bits per heavy atom. The maximum atomic E-state index is 12.1. The van der Waals surface area contributed by atoms with Gasteiger partial charge in [-0.1, -0.05) is 19.6 Å². The van der Waals surface area contributed by atoms with E-state index in [0.717, 1.165) is 60.2 Å². The minimum absolute atomic E-state index is 0.0799. The molecular weight excluding hydrogens is 460 g/mol. The van der Waals surface area contributed by atoms with Gasteiger partial charge in [0, 0.05) is 51.8 Å². The summed E-state index contributed by atoms with van der Waals surface area (Å²) in [7, 11) is 0.311. The molecule has 0 radical (unpaired) electrons. The van der Waals surface area contributed by atoms with Crippen LogP contribution in [-0.2, 0) is 16.2 Å². The molecule has 10 heteroatoms. The number of amides is 1. The monoisotopic (exact) mass is 496 g/mol. The smallest absolute Gasteiger partial charge is 0.409 e. The molecule has 3 aromatic heterocycles. The predicted octanol–water partition coefficient (Wildman–Crippen LogP) is 4.84. The Hall–Kier alpha value is -2.98. The highest BCUT2D eigenvalue weighted by Gasteiger charge is 2.23. The van der Waals surface area contributed by atoms with Crippen molar-refractivity contribution in [3.8, 4) is 11.3 Å². The third kappa shape index (κ3) is 6.58. The van der Waals surface area contributed by atoms with E-state index in [1.165, 1.54) is 7.11 Å². The molecule has 35 heavy (non-hydrogen) atoms. The van der Waals surface area contributed by atoms with Gasteiger partial charge in [0.1, 0.15) is 18.1 Å². The van der Waals surface area contributed by atoms with Gasteiger partial charge in [0.25, 0.3) is 0 Å². The van der Waals surface area contributed by atoms with Crippen LogP contribution in [0.15, 0.2) is 36.8 Å². The molecule has 0 aliphatic carbocycles. The topological polar surface area (TPSA) is 94.4 Å². The molecule has 1 saturated heterocycles. The molecule has 3 aromatic rings. The van der Waals surface area contributed by atoms with Crippen LogP contribution < -0.4 is 5.32 Å². The third-order valence-corrected chi connectivity index (χ3v) is 7.92. The lowest BCUT2D eigenvalue weighted by Gasteiger charge is -2.25. The Labute approximate surface area is 207 Å². The average molecular weight is 497 g/mol. The number of likely N-dealkylation sites (tertiary alicyclic amines) is 1. The first kappa shape index (κ1) is 25.1. The summed E-state index contributed by atoms with van der Waals surface area (Å²) >= 11 is 0. The first-order valence-corrected chi connectivity index (χ1v) is 16.0. The Morgan fingerprint density at radius 2 is 2.09 bits per heavy atom. The van der Waals surface area contributed by atoms with Gasteiger partial charge in [-0.3, -0.25) is 0 Å². The second-order valence-corrected chi connectivity index (χ2v) is 15.9. The molecule has 0 spiro atoms. The second-order valence-electron chi connectivity index (χ2n) is 10.3. The summed E-state index contributed by atoms with van der Waals surface area (Å²) in [4.78, 5) is 28.0. The van der Waals surface area contributed by atoms with Crippen LogP contribution in [0.4, 0.5) is 10.6 Å². The lowest BCUT2D eigenvalue weighted by molar-refractivity contribution is 0.0899. The molecule has 1 fully saturated rings. The van der Waals surface area contributed by atoms with Gasteiger partial charge in [0.05, 0.1) is 19.0 Å². The summed E-state index contributed by atoms with van der Waals surface area (Å²) in [6, 6.07) is 7.08. The summed E-state index contributed by atoms with van der Waals surface area (Å²) in [6.07, 6.45) is 8.19. The van der Waals surface area contributed by atoms with E-state index < -0.39 is 8.07 Å². The number of carbonyl (C=O) groups is 1. The molecule has 1 aliphatic rings. The van der Waals surface area contributed by atoms with Crippen molar-refractivity contribution in [2.45, 2.75) is 57.7 Å². The number of fused-ring (bicyclic) bond motifs is 1. The van der Waals surface area contributed by atoms with Crippen LogP contribution in [0, 0.1) is 0 Å². The summed E-state index contributed by atoms with van der Waals surface area (Å²) in [6.45, 7) is 9.57. The molecular formula is C25H36N6O3Si. The van der Waals surface area contributed by atoms with Crippen LogP contribution in [0.2, 0.25) is 25.7 Å². The maximum Gasteiger partial charge on any atom is 0.409 e. The summed E-state index contributed by atoms with van der Waals surface area (Å²) in [5.74, 6) is 0.743. The van der Waals surface area contributed by atoms with Gasteiger partial charge in [0.2, 0.25) is 0 Å². The standard InChI is InChI=1S/C25H36N6O3Si/c1-33-25(32)30-12-6-5-8-19(17-30)28-23-20(9-7-11-26-23)22-16-27-24-21(29-22)10-13-31(24)18-34-14-15-35(2,3)4/h7,9-11,13,16,19H,5-6,8,12,14-15,17-18H2,1-4H3,(H,26,28). The van der Waals surface area contributed by atoms with E-state index in [1.54, 1.807) is 17.3 Å². The highest BCUT2D eigenvalue weighted by atomic mass is 28.3. The van der Waals surface area contributed by atoms with E-state index in [1.807, 2.05) is 29.0 Å². The zero-order chi connectivity index (χ0) is 24.8. The number of nitrogens with zero attached hydrogens (tertiary/aromatic N) is 5. The van der Waals surface area contributed by atoms with Crippen molar-refractivity contribution in [1.29, 1.82) is 0 Å². The van der Waals surface area contributed by atoms with E-state index in [9.17, 15) is 4.79 Å². The predicted molar refractivity (Wildman–Crippen MR) is 140 cm³/mol. The zero-order valence-corrected chi connectivity index (χ0v) is 22.2. The fraction of sp³-hybridized carbons (Fsp3) is 0.520. The van der Waals surface area contributed by atoms with Gasteiger partial charge in [-0.15, -0.1) is 0 Å². The highest BCUT2D eigenvalue weighted by Crippen LogP contribution is 2.27. The Bertz CT molecular complexity index is 1150. The van der Waals surface area contributed by atoms with Crippen molar-refractivity contribution in [2.24, 2.45) is 0 Å². The summed E-state index contributed by atoms with van der Waals surface area (Å²) < 4.78 is 12.8. The Morgan fingerprint density at radius 1 is 1.23 bits per heavy atom. The number of aromatic nitrogens is 4.